The average Bonchev–Trinajstić information content (AvgIpc) is 2.30. The first-order chi connectivity index (χ1) is 8.40. The molecule has 0 saturated heterocycles. The van der Waals surface area contributed by atoms with Crippen LogP contribution in [0.15, 0.2) is 18.2 Å². The molecule has 3 N–H and O–H groups in total. The Morgan fingerprint density at radius 2 is 2.06 bits per heavy atom. The van der Waals surface area contributed by atoms with Crippen molar-refractivity contribution in [2.75, 3.05) is 13.7 Å². The number of hydrogen-bond acceptors (Lipinski definition) is 3. The fourth-order valence-corrected chi connectivity index (χ4v) is 1.56. The van der Waals surface area contributed by atoms with Crippen molar-refractivity contribution in [2.24, 2.45) is 5.84 Å². The molecule has 0 saturated carbocycles. The molecule has 0 heterocycles. The maximum absolute atomic E-state index is 13.1. The number of nitrogens with one attached hydrogen (secondary N) is 1. The largest absolute Gasteiger partial charge is 0.419 e. The summed E-state index contributed by atoms with van der Waals surface area (Å²) in [5, 5.41) is 0. The Morgan fingerprint density at radius 3 is 2.56 bits per heavy atom. The van der Waals surface area contributed by atoms with Crippen LogP contribution in [0.1, 0.15) is 23.6 Å². The van der Waals surface area contributed by atoms with Crippen LogP contribution in [0.4, 0.5) is 17.6 Å². The SMILES string of the molecule is COCCC(NN)c1ccc(F)c(C(F)(F)F)c1. The Bertz CT molecular complexity index is 395. The zero-order valence-corrected chi connectivity index (χ0v) is 9.72. The van der Waals surface area contributed by atoms with Crippen molar-refractivity contribution in [3.8, 4) is 0 Å². The van der Waals surface area contributed by atoms with E-state index in [0.29, 0.717) is 13.0 Å². The summed E-state index contributed by atoms with van der Waals surface area (Å²) in [7, 11) is 1.47. The van der Waals surface area contributed by atoms with Gasteiger partial charge in [-0.05, 0) is 24.1 Å². The minimum absolute atomic E-state index is 0.267. The van der Waals surface area contributed by atoms with Gasteiger partial charge in [0, 0.05) is 19.8 Å². The summed E-state index contributed by atoms with van der Waals surface area (Å²) in [5.74, 6) is 3.96. The Morgan fingerprint density at radius 1 is 1.39 bits per heavy atom. The molecule has 102 valence electrons. The van der Waals surface area contributed by atoms with Crippen molar-refractivity contribution in [3.63, 3.8) is 0 Å². The van der Waals surface area contributed by atoms with E-state index in [2.05, 4.69) is 5.43 Å². The fraction of sp³-hybridized carbons (Fsp3) is 0.455. The van der Waals surface area contributed by atoms with Gasteiger partial charge in [-0.25, -0.2) is 4.39 Å². The highest BCUT2D eigenvalue weighted by Gasteiger charge is 2.34. The van der Waals surface area contributed by atoms with Crippen LogP contribution in [-0.4, -0.2) is 13.7 Å². The van der Waals surface area contributed by atoms with Gasteiger partial charge in [0.1, 0.15) is 5.82 Å². The molecule has 0 bridgehead atoms. The lowest BCUT2D eigenvalue weighted by molar-refractivity contribution is -0.140. The zero-order valence-electron chi connectivity index (χ0n) is 9.72. The summed E-state index contributed by atoms with van der Waals surface area (Å²) in [6, 6.07) is 2.29. The summed E-state index contributed by atoms with van der Waals surface area (Å²) < 4.78 is 55.5. The molecule has 1 aromatic rings. The standard InChI is InChI=1S/C11H14F4N2O/c1-18-5-4-10(17-16)7-2-3-9(12)8(6-7)11(13,14)15/h2-3,6,10,17H,4-5,16H2,1H3. The summed E-state index contributed by atoms with van der Waals surface area (Å²) >= 11 is 0. The number of ether oxygens (including phenoxy) is 1. The van der Waals surface area contributed by atoms with Gasteiger partial charge in [-0.15, -0.1) is 0 Å². The van der Waals surface area contributed by atoms with Crippen LogP contribution in [0.3, 0.4) is 0 Å². The highest BCUT2D eigenvalue weighted by atomic mass is 19.4. The van der Waals surface area contributed by atoms with Crippen molar-refractivity contribution in [2.45, 2.75) is 18.6 Å². The first kappa shape index (κ1) is 14.9. The van der Waals surface area contributed by atoms with Crippen molar-refractivity contribution in [1.29, 1.82) is 0 Å². The highest BCUT2D eigenvalue weighted by molar-refractivity contribution is 5.29. The number of benzene rings is 1. The lowest BCUT2D eigenvalue weighted by atomic mass is 10.0. The summed E-state index contributed by atoms with van der Waals surface area (Å²) in [4.78, 5) is 0. The van der Waals surface area contributed by atoms with Crippen molar-refractivity contribution in [1.82, 2.24) is 5.43 Å². The highest BCUT2D eigenvalue weighted by Crippen LogP contribution is 2.33. The van der Waals surface area contributed by atoms with Gasteiger partial charge in [0.2, 0.25) is 0 Å². The van der Waals surface area contributed by atoms with E-state index in [-0.39, 0.29) is 5.56 Å². The van der Waals surface area contributed by atoms with Crippen molar-refractivity contribution >= 4 is 0 Å². The Labute approximate surface area is 102 Å². The van der Waals surface area contributed by atoms with Gasteiger partial charge < -0.3 is 4.74 Å². The molecule has 1 unspecified atom stereocenters. The van der Waals surface area contributed by atoms with Gasteiger partial charge in [0.15, 0.2) is 0 Å². The van der Waals surface area contributed by atoms with E-state index in [1.54, 1.807) is 0 Å². The smallest absolute Gasteiger partial charge is 0.385 e. The molecule has 0 radical (unpaired) electrons. The fourth-order valence-electron chi connectivity index (χ4n) is 1.56. The van der Waals surface area contributed by atoms with Gasteiger partial charge in [-0.1, -0.05) is 6.07 Å². The second-order valence-corrected chi connectivity index (χ2v) is 3.74. The molecule has 0 aliphatic rings. The second kappa shape index (κ2) is 6.12. The molecule has 0 spiro atoms. The van der Waals surface area contributed by atoms with Crippen LogP contribution in [0.25, 0.3) is 0 Å². The summed E-state index contributed by atoms with van der Waals surface area (Å²) in [5.41, 5.74) is 1.35. The van der Waals surface area contributed by atoms with Gasteiger partial charge in [-0.2, -0.15) is 13.2 Å². The van der Waals surface area contributed by atoms with Crippen LogP contribution in [-0.2, 0) is 10.9 Å². The third kappa shape index (κ3) is 3.66. The van der Waals surface area contributed by atoms with E-state index < -0.39 is 23.6 Å². The van der Waals surface area contributed by atoms with Crippen LogP contribution < -0.4 is 11.3 Å². The Kier molecular flexibility index (Phi) is 5.06. The monoisotopic (exact) mass is 266 g/mol. The first-order valence-electron chi connectivity index (χ1n) is 5.22. The minimum Gasteiger partial charge on any atom is -0.385 e. The minimum atomic E-state index is -4.72. The number of halogens is 4. The van der Waals surface area contributed by atoms with E-state index in [1.165, 1.54) is 13.2 Å². The van der Waals surface area contributed by atoms with E-state index in [0.717, 1.165) is 12.1 Å². The average molecular weight is 266 g/mol. The molecular weight excluding hydrogens is 252 g/mol. The van der Waals surface area contributed by atoms with Gasteiger partial charge >= 0.3 is 6.18 Å². The number of hydrazine groups is 1. The van der Waals surface area contributed by atoms with Crippen LogP contribution in [0.2, 0.25) is 0 Å². The number of alkyl halides is 3. The molecule has 0 fully saturated rings. The normalized spacial score (nSPS) is 13.7. The van der Waals surface area contributed by atoms with Crippen LogP contribution in [0.5, 0.6) is 0 Å². The van der Waals surface area contributed by atoms with Crippen LogP contribution in [0, 0.1) is 5.82 Å². The second-order valence-electron chi connectivity index (χ2n) is 3.74. The lowest BCUT2D eigenvalue weighted by Gasteiger charge is -2.17. The molecule has 1 aromatic carbocycles. The van der Waals surface area contributed by atoms with Crippen molar-refractivity contribution in [3.05, 3.63) is 35.1 Å². The predicted molar refractivity (Wildman–Crippen MR) is 58.0 cm³/mol. The molecule has 1 atom stereocenters. The van der Waals surface area contributed by atoms with Gasteiger partial charge in [0.25, 0.3) is 0 Å². The molecule has 7 heteroatoms. The third-order valence-corrected chi connectivity index (χ3v) is 2.51. The van der Waals surface area contributed by atoms with Crippen LogP contribution >= 0.6 is 0 Å². The number of rotatable bonds is 5. The van der Waals surface area contributed by atoms with E-state index in [1.807, 2.05) is 0 Å². The van der Waals surface area contributed by atoms with E-state index in [4.69, 9.17) is 10.6 Å². The number of nitrogens with two attached hydrogens (primary N) is 1. The number of hydrogen-bond donors (Lipinski definition) is 2. The quantitative estimate of drug-likeness (QED) is 0.488. The van der Waals surface area contributed by atoms with E-state index >= 15 is 0 Å². The Balaban J connectivity index is 3.02. The molecule has 0 aromatic heterocycles. The van der Waals surface area contributed by atoms with Crippen molar-refractivity contribution < 1.29 is 22.3 Å². The molecule has 3 nitrogen and oxygen atoms in total. The summed E-state index contributed by atoms with van der Waals surface area (Å²) in [6.45, 7) is 0.327. The topological polar surface area (TPSA) is 47.3 Å². The molecule has 18 heavy (non-hydrogen) atoms. The Hall–Kier alpha value is -1.18. The molecule has 0 aliphatic carbocycles. The molecule has 1 rings (SSSR count). The predicted octanol–water partition coefficient (Wildman–Crippen LogP) is 2.39. The zero-order chi connectivity index (χ0) is 13.8. The maximum Gasteiger partial charge on any atom is 0.419 e. The maximum atomic E-state index is 13.1. The van der Waals surface area contributed by atoms with E-state index in [9.17, 15) is 17.6 Å². The van der Waals surface area contributed by atoms with Gasteiger partial charge in [-0.3, -0.25) is 11.3 Å². The van der Waals surface area contributed by atoms with Gasteiger partial charge in [0.05, 0.1) is 5.56 Å². The first-order valence-corrected chi connectivity index (χ1v) is 5.22. The molecular formula is C11H14F4N2O. The molecule has 0 amide bonds. The lowest BCUT2D eigenvalue weighted by Crippen LogP contribution is -2.29. The molecule has 0 aliphatic heterocycles. The summed E-state index contributed by atoms with van der Waals surface area (Å²) in [6.07, 6.45) is -4.34. The number of methoxy groups -OCH3 is 1. The third-order valence-electron chi connectivity index (χ3n) is 2.51.